The predicted octanol–water partition coefficient (Wildman–Crippen LogP) is 1.91. The van der Waals surface area contributed by atoms with E-state index in [0.29, 0.717) is 0 Å². The van der Waals surface area contributed by atoms with Crippen molar-refractivity contribution in [3.8, 4) is 0 Å². The van der Waals surface area contributed by atoms with Crippen LogP contribution in [0, 0.1) is 0 Å². The lowest BCUT2D eigenvalue weighted by Gasteiger charge is -2.13. The lowest BCUT2D eigenvalue weighted by atomic mass is 9.98. The van der Waals surface area contributed by atoms with E-state index in [4.69, 9.17) is 5.11 Å². The molecule has 0 spiro atoms. The van der Waals surface area contributed by atoms with Crippen molar-refractivity contribution in [3.63, 3.8) is 0 Å². The average Bonchev–Trinajstić information content (AvgIpc) is 2.60. The van der Waals surface area contributed by atoms with Gasteiger partial charge >= 0.3 is 0 Å². The highest BCUT2D eigenvalue weighted by Crippen LogP contribution is 2.26. The molecule has 0 saturated heterocycles. The number of aliphatic hydroxyl groups excluding tert-OH is 1. The summed E-state index contributed by atoms with van der Waals surface area (Å²) in [6.45, 7) is 8.49. The van der Waals surface area contributed by atoms with E-state index < -0.39 is 0 Å². The van der Waals surface area contributed by atoms with E-state index in [1.807, 2.05) is 6.20 Å². The molecule has 4 heteroatoms. The zero-order valence-electron chi connectivity index (χ0n) is 9.71. The Kier molecular flexibility index (Phi) is 4.70. The number of rotatable bonds is 5. The van der Waals surface area contributed by atoms with Crippen molar-refractivity contribution < 1.29 is 5.11 Å². The Morgan fingerprint density at radius 3 is 2.73 bits per heavy atom. The monoisotopic (exact) mass is 228 g/mol. The Bertz CT molecular complexity index is 291. The largest absolute Gasteiger partial charge is 0.396 e. The van der Waals surface area contributed by atoms with E-state index in [1.165, 1.54) is 9.88 Å². The van der Waals surface area contributed by atoms with Gasteiger partial charge in [-0.3, -0.25) is 0 Å². The third-order valence-corrected chi connectivity index (χ3v) is 3.43. The Labute approximate surface area is 95.6 Å². The van der Waals surface area contributed by atoms with Crippen LogP contribution in [-0.2, 0) is 12.0 Å². The Hall–Kier alpha value is -0.450. The second-order valence-electron chi connectivity index (χ2n) is 4.64. The topological polar surface area (TPSA) is 45.2 Å². The molecule has 0 unspecified atom stereocenters. The first kappa shape index (κ1) is 12.6. The molecule has 0 aliphatic heterocycles. The van der Waals surface area contributed by atoms with Gasteiger partial charge < -0.3 is 10.4 Å². The fraction of sp³-hybridized carbons (Fsp3) is 0.727. The molecule has 2 N–H and O–H groups in total. The van der Waals surface area contributed by atoms with Crippen molar-refractivity contribution in [1.29, 1.82) is 0 Å². The van der Waals surface area contributed by atoms with Crippen LogP contribution in [0.25, 0.3) is 0 Å². The minimum absolute atomic E-state index is 0.147. The summed E-state index contributed by atoms with van der Waals surface area (Å²) >= 11 is 1.76. The predicted molar refractivity (Wildman–Crippen MR) is 64.2 cm³/mol. The first-order valence-corrected chi connectivity index (χ1v) is 6.12. The average molecular weight is 228 g/mol. The van der Waals surface area contributed by atoms with Gasteiger partial charge in [0.25, 0.3) is 0 Å². The first-order chi connectivity index (χ1) is 7.04. The van der Waals surface area contributed by atoms with Gasteiger partial charge in [-0.25, -0.2) is 4.98 Å². The number of hydrogen-bond donors (Lipinski definition) is 2. The maximum Gasteiger partial charge on any atom is 0.0981 e. The smallest absolute Gasteiger partial charge is 0.0981 e. The van der Waals surface area contributed by atoms with E-state index in [2.05, 4.69) is 31.1 Å². The number of aromatic nitrogens is 1. The molecule has 1 rings (SSSR count). The molecule has 1 heterocycles. The van der Waals surface area contributed by atoms with Crippen LogP contribution in [0.1, 0.15) is 37.1 Å². The quantitative estimate of drug-likeness (QED) is 0.757. The Morgan fingerprint density at radius 1 is 1.47 bits per heavy atom. The van der Waals surface area contributed by atoms with E-state index in [0.717, 1.165) is 19.5 Å². The molecule has 1 aromatic rings. The second kappa shape index (κ2) is 5.58. The third kappa shape index (κ3) is 4.28. The van der Waals surface area contributed by atoms with Gasteiger partial charge in [0.05, 0.1) is 5.01 Å². The van der Waals surface area contributed by atoms with Crippen LogP contribution < -0.4 is 5.32 Å². The van der Waals surface area contributed by atoms with E-state index in [1.54, 1.807) is 11.3 Å². The second-order valence-corrected chi connectivity index (χ2v) is 5.75. The summed E-state index contributed by atoms with van der Waals surface area (Å²) in [7, 11) is 0. The molecule has 15 heavy (non-hydrogen) atoms. The third-order valence-electron chi connectivity index (χ3n) is 2.01. The number of nitrogens with one attached hydrogen (secondary N) is 1. The molecule has 86 valence electrons. The van der Waals surface area contributed by atoms with Crippen molar-refractivity contribution in [2.45, 2.75) is 39.2 Å². The zero-order chi connectivity index (χ0) is 11.3. The molecule has 0 amide bonds. The minimum Gasteiger partial charge on any atom is -0.396 e. The number of thiazole rings is 1. The molecular formula is C11H20N2OS. The van der Waals surface area contributed by atoms with E-state index >= 15 is 0 Å². The van der Waals surface area contributed by atoms with Crippen molar-refractivity contribution in [3.05, 3.63) is 16.1 Å². The molecule has 0 aliphatic rings. The van der Waals surface area contributed by atoms with Crippen LogP contribution in [0.4, 0.5) is 0 Å². The van der Waals surface area contributed by atoms with Gasteiger partial charge in [-0.2, -0.15) is 0 Å². The zero-order valence-corrected chi connectivity index (χ0v) is 10.5. The molecule has 3 nitrogen and oxygen atoms in total. The normalized spacial score (nSPS) is 12.0. The standard InChI is InChI=1S/C11H20N2OS/c1-11(2,3)10-13-8-9(15-10)7-12-5-4-6-14/h8,12,14H,4-7H2,1-3H3. The maximum absolute atomic E-state index is 8.62. The summed E-state index contributed by atoms with van der Waals surface area (Å²) in [6.07, 6.45) is 2.75. The Balaban J connectivity index is 2.40. The van der Waals surface area contributed by atoms with Crippen LogP contribution in [0.5, 0.6) is 0 Å². The summed E-state index contributed by atoms with van der Waals surface area (Å²) in [5.41, 5.74) is 0.147. The SMILES string of the molecule is CC(C)(C)c1ncc(CNCCCO)s1. The highest BCUT2D eigenvalue weighted by atomic mass is 32.1. The van der Waals surface area contributed by atoms with Gasteiger partial charge in [0.15, 0.2) is 0 Å². The van der Waals surface area contributed by atoms with Crippen LogP contribution in [0.2, 0.25) is 0 Å². The summed E-state index contributed by atoms with van der Waals surface area (Å²) in [4.78, 5) is 5.68. The van der Waals surface area contributed by atoms with Crippen LogP contribution in [-0.4, -0.2) is 23.2 Å². The molecule has 0 aliphatic carbocycles. The van der Waals surface area contributed by atoms with Gasteiger partial charge in [-0.05, 0) is 13.0 Å². The fourth-order valence-electron chi connectivity index (χ4n) is 1.15. The molecule has 0 fully saturated rings. The first-order valence-electron chi connectivity index (χ1n) is 5.31. The van der Waals surface area contributed by atoms with E-state index in [9.17, 15) is 0 Å². The molecule has 0 atom stereocenters. The summed E-state index contributed by atoms with van der Waals surface area (Å²) in [6, 6.07) is 0. The molecule has 0 aromatic carbocycles. The van der Waals surface area contributed by atoms with Crippen LogP contribution in [0.3, 0.4) is 0 Å². The molecular weight excluding hydrogens is 208 g/mol. The van der Waals surface area contributed by atoms with Crippen molar-refractivity contribution in [1.82, 2.24) is 10.3 Å². The fourth-order valence-corrected chi connectivity index (χ4v) is 2.09. The molecule has 1 aromatic heterocycles. The lowest BCUT2D eigenvalue weighted by Crippen LogP contribution is -2.14. The summed E-state index contributed by atoms with van der Waals surface area (Å²) in [5, 5.41) is 13.1. The van der Waals surface area contributed by atoms with Crippen molar-refractivity contribution in [2.24, 2.45) is 0 Å². The number of hydrogen-bond acceptors (Lipinski definition) is 4. The van der Waals surface area contributed by atoms with Crippen molar-refractivity contribution in [2.75, 3.05) is 13.2 Å². The van der Waals surface area contributed by atoms with Gasteiger partial charge in [-0.15, -0.1) is 11.3 Å². The minimum atomic E-state index is 0.147. The number of nitrogens with zero attached hydrogens (tertiary/aromatic N) is 1. The highest BCUT2D eigenvalue weighted by molar-refractivity contribution is 7.11. The Morgan fingerprint density at radius 2 is 2.20 bits per heavy atom. The van der Waals surface area contributed by atoms with E-state index in [-0.39, 0.29) is 12.0 Å². The maximum atomic E-state index is 8.62. The summed E-state index contributed by atoms with van der Waals surface area (Å²) in [5.74, 6) is 0. The molecule has 0 saturated carbocycles. The van der Waals surface area contributed by atoms with Gasteiger partial charge in [0.1, 0.15) is 0 Å². The van der Waals surface area contributed by atoms with Gasteiger partial charge in [0.2, 0.25) is 0 Å². The molecule has 0 radical (unpaired) electrons. The van der Waals surface area contributed by atoms with Crippen molar-refractivity contribution >= 4 is 11.3 Å². The van der Waals surface area contributed by atoms with Crippen LogP contribution >= 0.6 is 11.3 Å². The number of aliphatic hydroxyl groups is 1. The van der Waals surface area contributed by atoms with Crippen LogP contribution in [0.15, 0.2) is 6.20 Å². The highest BCUT2D eigenvalue weighted by Gasteiger charge is 2.17. The lowest BCUT2D eigenvalue weighted by molar-refractivity contribution is 0.286. The van der Waals surface area contributed by atoms with Gasteiger partial charge in [0, 0.05) is 29.6 Å². The summed E-state index contributed by atoms with van der Waals surface area (Å²) < 4.78 is 0. The molecule has 0 bridgehead atoms. The van der Waals surface area contributed by atoms with Gasteiger partial charge in [-0.1, -0.05) is 20.8 Å².